The van der Waals surface area contributed by atoms with Crippen LogP contribution in [0.25, 0.3) is 0 Å². The molecule has 0 aliphatic carbocycles. The molecular weight excluding hydrogens is 302 g/mol. The van der Waals surface area contributed by atoms with E-state index >= 15 is 0 Å². The zero-order valence-corrected chi connectivity index (χ0v) is 14.1. The Morgan fingerprint density at radius 2 is 1.71 bits per heavy atom. The van der Waals surface area contributed by atoms with Crippen molar-refractivity contribution in [3.8, 4) is 5.75 Å². The summed E-state index contributed by atoms with van der Waals surface area (Å²) in [6.45, 7) is 3.51. The molecule has 0 bridgehead atoms. The van der Waals surface area contributed by atoms with Crippen LogP contribution in [0.4, 0.5) is 0 Å². The number of hydrogen-bond acceptors (Lipinski definition) is 3. The molecule has 0 unspecified atom stereocenters. The van der Waals surface area contributed by atoms with Crippen LogP contribution in [0, 0.1) is 0 Å². The average Bonchev–Trinajstić information content (AvgIpc) is 2.59. The van der Waals surface area contributed by atoms with Crippen molar-refractivity contribution in [1.29, 1.82) is 0 Å². The number of hydrogen-bond donors (Lipinski definition) is 1. The Bertz CT molecular complexity index is 665. The summed E-state index contributed by atoms with van der Waals surface area (Å²) in [5.41, 5.74) is 2.14. The van der Waals surface area contributed by atoms with Crippen LogP contribution in [0.1, 0.15) is 37.4 Å². The smallest absolute Gasteiger partial charge is 0.258 e. The summed E-state index contributed by atoms with van der Waals surface area (Å²) in [5.74, 6) is 0.663. The van der Waals surface area contributed by atoms with Gasteiger partial charge in [-0.15, -0.1) is 0 Å². The zero-order chi connectivity index (χ0) is 17.4. The third kappa shape index (κ3) is 5.88. The van der Waals surface area contributed by atoms with Crippen molar-refractivity contribution in [3.05, 3.63) is 65.7 Å². The van der Waals surface area contributed by atoms with Crippen molar-refractivity contribution < 1.29 is 14.3 Å². The number of amides is 1. The molecule has 0 aromatic heterocycles. The second-order valence-electron chi connectivity index (χ2n) is 5.83. The molecule has 2 aromatic carbocycles. The van der Waals surface area contributed by atoms with E-state index in [0.717, 1.165) is 17.5 Å². The second kappa shape index (κ2) is 8.87. The van der Waals surface area contributed by atoms with E-state index in [9.17, 15) is 9.59 Å². The highest BCUT2D eigenvalue weighted by atomic mass is 16.5. The molecule has 0 spiro atoms. The van der Waals surface area contributed by atoms with Crippen molar-refractivity contribution in [1.82, 2.24) is 5.32 Å². The number of nitrogens with one attached hydrogen (secondary N) is 1. The summed E-state index contributed by atoms with van der Waals surface area (Å²) in [5, 5.41) is 2.91. The SMILES string of the molecule is CC(=O)CCc1ccc(OCC(=O)N[C@H](C)c2ccccc2)cc1. The van der Waals surface area contributed by atoms with E-state index in [-0.39, 0.29) is 24.3 Å². The highest BCUT2D eigenvalue weighted by Crippen LogP contribution is 2.14. The first-order valence-corrected chi connectivity index (χ1v) is 8.10. The predicted octanol–water partition coefficient (Wildman–Crippen LogP) is 3.46. The molecule has 4 heteroatoms. The maximum absolute atomic E-state index is 12.0. The van der Waals surface area contributed by atoms with Crippen molar-refractivity contribution in [2.45, 2.75) is 32.7 Å². The first kappa shape index (κ1) is 17.7. The Kier molecular flexibility index (Phi) is 6.55. The summed E-state index contributed by atoms with van der Waals surface area (Å²) in [7, 11) is 0. The standard InChI is InChI=1S/C20H23NO3/c1-15(22)8-9-17-10-12-19(13-11-17)24-14-20(23)21-16(2)18-6-4-3-5-7-18/h3-7,10-13,16H,8-9,14H2,1-2H3,(H,21,23)/t16-/m1/s1. The molecule has 0 aliphatic rings. The van der Waals surface area contributed by atoms with Gasteiger partial charge in [0.2, 0.25) is 0 Å². The number of carbonyl (C=O) groups excluding carboxylic acids is 2. The number of rotatable bonds is 8. The molecule has 126 valence electrons. The fraction of sp³-hybridized carbons (Fsp3) is 0.300. The largest absolute Gasteiger partial charge is 0.484 e. The molecule has 4 nitrogen and oxygen atoms in total. The van der Waals surface area contributed by atoms with Gasteiger partial charge in [0.05, 0.1) is 6.04 Å². The van der Waals surface area contributed by atoms with E-state index in [4.69, 9.17) is 4.74 Å². The quantitative estimate of drug-likeness (QED) is 0.808. The maximum atomic E-state index is 12.0. The van der Waals surface area contributed by atoms with Gasteiger partial charge in [0, 0.05) is 6.42 Å². The topological polar surface area (TPSA) is 55.4 Å². The van der Waals surface area contributed by atoms with E-state index in [0.29, 0.717) is 12.2 Å². The van der Waals surface area contributed by atoms with Crippen LogP contribution >= 0.6 is 0 Å². The molecular formula is C20H23NO3. The molecule has 1 atom stereocenters. The zero-order valence-electron chi connectivity index (χ0n) is 14.1. The van der Waals surface area contributed by atoms with Crippen LogP contribution < -0.4 is 10.1 Å². The van der Waals surface area contributed by atoms with Gasteiger partial charge in [-0.25, -0.2) is 0 Å². The average molecular weight is 325 g/mol. The van der Waals surface area contributed by atoms with Crippen molar-refractivity contribution in [2.24, 2.45) is 0 Å². The van der Waals surface area contributed by atoms with E-state index in [1.54, 1.807) is 6.92 Å². The van der Waals surface area contributed by atoms with Gasteiger partial charge in [-0.2, -0.15) is 0 Å². The summed E-state index contributed by atoms with van der Waals surface area (Å²) >= 11 is 0. The monoisotopic (exact) mass is 325 g/mol. The lowest BCUT2D eigenvalue weighted by Gasteiger charge is -2.14. The number of ketones is 1. The van der Waals surface area contributed by atoms with Gasteiger partial charge in [0.15, 0.2) is 6.61 Å². The lowest BCUT2D eigenvalue weighted by atomic mass is 10.1. The summed E-state index contributed by atoms with van der Waals surface area (Å²) in [4.78, 5) is 23.0. The minimum absolute atomic E-state index is 0.0238. The molecule has 0 saturated heterocycles. The van der Waals surface area contributed by atoms with Crippen LogP contribution in [0.2, 0.25) is 0 Å². The fourth-order valence-corrected chi connectivity index (χ4v) is 2.33. The summed E-state index contributed by atoms with van der Waals surface area (Å²) in [6.07, 6.45) is 1.27. The first-order valence-electron chi connectivity index (χ1n) is 8.10. The molecule has 24 heavy (non-hydrogen) atoms. The van der Waals surface area contributed by atoms with Gasteiger partial charge in [0.25, 0.3) is 5.91 Å². The van der Waals surface area contributed by atoms with Crippen molar-refractivity contribution in [3.63, 3.8) is 0 Å². The minimum Gasteiger partial charge on any atom is -0.484 e. The molecule has 0 fully saturated rings. The lowest BCUT2D eigenvalue weighted by Crippen LogP contribution is -2.31. The Labute approximate surface area is 142 Å². The molecule has 1 N–H and O–H groups in total. The van der Waals surface area contributed by atoms with Crippen LogP contribution in [0.15, 0.2) is 54.6 Å². The number of benzene rings is 2. The molecule has 2 aromatic rings. The molecule has 0 radical (unpaired) electrons. The Balaban J connectivity index is 1.78. The fourth-order valence-electron chi connectivity index (χ4n) is 2.33. The summed E-state index contributed by atoms with van der Waals surface area (Å²) < 4.78 is 5.51. The van der Waals surface area contributed by atoms with Crippen LogP contribution in [0.3, 0.4) is 0 Å². The minimum atomic E-state index is -0.160. The van der Waals surface area contributed by atoms with E-state index < -0.39 is 0 Å². The van der Waals surface area contributed by atoms with Crippen molar-refractivity contribution in [2.75, 3.05) is 6.61 Å². The number of carbonyl (C=O) groups is 2. The molecule has 0 saturated carbocycles. The highest BCUT2D eigenvalue weighted by molar-refractivity contribution is 5.78. The van der Waals surface area contributed by atoms with Gasteiger partial charge < -0.3 is 14.8 Å². The molecule has 0 heterocycles. The van der Waals surface area contributed by atoms with E-state index in [2.05, 4.69) is 5.32 Å². The number of ether oxygens (including phenoxy) is 1. The van der Waals surface area contributed by atoms with Crippen LogP contribution in [-0.2, 0) is 16.0 Å². The molecule has 2 rings (SSSR count). The van der Waals surface area contributed by atoms with E-state index in [1.807, 2.05) is 61.5 Å². The molecule has 0 aliphatic heterocycles. The van der Waals surface area contributed by atoms with Gasteiger partial charge in [-0.3, -0.25) is 4.79 Å². The third-order valence-corrected chi connectivity index (χ3v) is 3.74. The van der Waals surface area contributed by atoms with Gasteiger partial charge >= 0.3 is 0 Å². The van der Waals surface area contributed by atoms with E-state index in [1.165, 1.54) is 0 Å². The lowest BCUT2D eigenvalue weighted by molar-refractivity contribution is -0.123. The van der Waals surface area contributed by atoms with Gasteiger partial charge in [-0.1, -0.05) is 42.5 Å². The second-order valence-corrected chi connectivity index (χ2v) is 5.83. The van der Waals surface area contributed by atoms with Crippen LogP contribution in [0.5, 0.6) is 5.75 Å². The normalized spacial score (nSPS) is 11.6. The number of aryl methyl sites for hydroxylation is 1. The van der Waals surface area contributed by atoms with Gasteiger partial charge in [-0.05, 0) is 43.5 Å². The maximum Gasteiger partial charge on any atom is 0.258 e. The molecule has 1 amide bonds. The first-order chi connectivity index (χ1) is 11.5. The third-order valence-electron chi connectivity index (χ3n) is 3.74. The Morgan fingerprint density at radius 1 is 1.04 bits per heavy atom. The Hall–Kier alpha value is -2.62. The van der Waals surface area contributed by atoms with Crippen molar-refractivity contribution >= 4 is 11.7 Å². The predicted molar refractivity (Wildman–Crippen MR) is 93.9 cm³/mol. The highest BCUT2D eigenvalue weighted by Gasteiger charge is 2.09. The Morgan fingerprint density at radius 3 is 2.33 bits per heavy atom. The van der Waals surface area contributed by atoms with Gasteiger partial charge in [0.1, 0.15) is 11.5 Å². The van der Waals surface area contributed by atoms with Crippen LogP contribution in [-0.4, -0.2) is 18.3 Å². The number of Topliss-reactive ketones (excluding diaryl/α,β-unsaturated/α-hetero) is 1. The summed E-state index contributed by atoms with van der Waals surface area (Å²) in [6, 6.07) is 17.2.